The van der Waals surface area contributed by atoms with Crippen molar-refractivity contribution in [1.29, 1.82) is 0 Å². The van der Waals surface area contributed by atoms with Crippen molar-refractivity contribution in [3.63, 3.8) is 0 Å². The second-order valence-electron chi connectivity index (χ2n) is 24.3. The number of aliphatic hydroxyl groups is 8. The molecule has 0 aliphatic carbocycles. The average molecular weight is 1140 g/mol. The fourth-order valence-corrected chi connectivity index (χ4v) is 11.5. The number of amides is 1. The molecule has 2 heterocycles. The number of aliphatic hydroxyl groups excluding tert-OH is 8. The van der Waals surface area contributed by atoms with Crippen LogP contribution < -0.4 is 5.32 Å². The summed E-state index contributed by atoms with van der Waals surface area (Å²) in [6, 6.07) is -0.910. The Hall–Kier alpha value is -1.27. The fourth-order valence-electron chi connectivity index (χ4n) is 11.5. The first-order chi connectivity index (χ1) is 39.1. The second kappa shape index (κ2) is 52.1. The third-order valence-electron chi connectivity index (χ3n) is 17.0. The lowest BCUT2D eigenvalue weighted by atomic mass is 9.97. The standard InChI is InChI=1S/C66H127NO13/c1-3-5-7-9-11-13-15-17-19-21-23-25-26-27-28-29-30-31-33-35-37-39-41-43-45-47-49-55(70)54(67-58(71)50-48-46-44-42-40-38-36-34-32-24-22-20-18-16-14-12-10-8-6-4-2)53-77-65-63(76)61(74)64(57(52-69)79-65)80-66-62(75)60(73)59(72)56(51-68)78-66/h47,49,54-57,59-66,68-70,72-76H,3-46,48,50-53H2,1-2H3,(H,67,71)/b49-47+. The minimum atomic E-state index is -1.79. The SMILES string of the molecule is CCCCCCCCCCCCCCCCCCCCCCCCCC/C=C/C(O)C(COC1OC(CO)C(OC2OC(CO)C(O)C(O)C2O)C(O)C1O)NC(=O)CCCCCCCCCCCCCCCCCCCCCC. The zero-order valence-corrected chi connectivity index (χ0v) is 51.4. The quantitative estimate of drug-likeness (QED) is 0.0204. The summed E-state index contributed by atoms with van der Waals surface area (Å²) in [6.07, 6.45) is 45.4. The molecule has 0 aromatic heterocycles. The van der Waals surface area contributed by atoms with Crippen molar-refractivity contribution in [2.75, 3.05) is 19.8 Å². The van der Waals surface area contributed by atoms with Crippen LogP contribution in [0.5, 0.6) is 0 Å². The summed E-state index contributed by atoms with van der Waals surface area (Å²) in [5.41, 5.74) is 0. The van der Waals surface area contributed by atoms with Crippen LogP contribution in [0, 0.1) is 0 Å². The number of unbranched alkanes of at least 4 members (excludes halogenated alkanes) is 43. The number of rotatable bonds is 56. The number of nitrogens with one attached hydrogen (secondary N) is 1. The minimum absolute atomic E-state index is 0.232. The van der Waals surface area contributed by atoms with Crippen LogP contribution in [0.1, 0.15) is 309 Å². The highest BCUT2D eigenvalue weighted by Crippen LogP contribution is 2.30. The monoisotopic (exact) mass is 1140 g/mol. The molecule has 0 aromatic carbocycles. The third kappa shape index (κ3) is 36.5. The van der Waals surface area contributed by atoms with Crippen LogP contribution >= 0.6 is 0 Å². The van der Waals surface area contributed by atoms with Crippen molar-refractivity contribution < 1.29 is 64.6 Å². The molecule has 9 N–H and O–H groups in total. The van der Waals surface area contributed by atoms with Crippen molar-refractivity contribution in [1.82, 2.24) is 5.32 Å². The molecule has 14 heteroatoms. The normalized spacial score (nSPS) is 24.2. The molecule has 12 unspecified atom stereocenters. The maximum atomic E-state index is 13.3. The van der Waals surface area contributed by atoms with Crippen molar-refractivity contribution in [3.05, 3.63) is 12.2 Å². The molecule has 474 valence electrons. The molecule has 1 amide bonds. The lowest BCUT2D eigenvalue weighted by Crippen LogP contribution is -2.65. The number of carbonyl (C=O) groups excluding carboxylic acids is 1. The molecule has 2 fully saturated rings. The fraction of sp³-hybridized carbons (Fsp3) is 0.955. The summed E-state index contributed by atoms with van der Waals surface area (Å²) in [5, 5.41) is 87.4. The molecule has 80 heavy (non-hydrogen) atoms. The van der Waals surface area contributed by atoms with E-state index in [1.54, 1.807) is 6.08 Å². The summed E-state index contributed by atoms with van der Waals surface area (Å²) >= 11 is 0. The third-order valence-corrected chi connectivity index (χ3v) is 17.0. The highest BCUT2D eigenvalue weighted by atomic mass is 16.7. The number of hydrogen-bond acceptors (Lipinski definition) is 13. The summed E-state index contributed by atoms with van der Waals surface area (Å²) in [4.78, 5) is 13.3. The van der Waals surface area contributed by atoms with Gasteiger partial charge in [-0.15, -0.1) is 0 Å². The maximum absolute atomic E-state index is 13.3. The predicted octanol–water partition coefficient (Wildman–Crippen LogP) is 13.0. The van der Waals surface area contributed by atoms with Gasteiger partial charge < -0.3 is 65.1 Å². The maximum Gasteiger partial charge on any atom is 0.220 e. The first kappa shape index (κ1) is 74.8. The Bertz CT molecular complexity index is 1390. The van der Waals surface area contributed by atoms with Gasteiger partial charge in [0.1, 0.15) is 48.8 Å². The largest absolute Gasteiger partial charge is 0.394 e. The van der Waals surface area contributed by atoms with Crippen LogP contribution in [0.2, 0.25) is 0 Å². The van der Waals surface area contributed by atoms with E-state index in [4.69, 9.17) is 18.9 Å². The Labute approximate surface area is 488 Å². The zero-order valence-electron chi connectivity index (χ0n) is 51.4. The van der Waals surface area contributed by atoms with Crippen LogP contribution in [0.25, 0.3) is 0 Å². The van der Waals surface area contributed by atoms with Gasteiger partial charge in [-0.3, -0.25) is 4.79 Å². The minimum Gasteiger partial charge on any atom is -0.394 e. The van der Waals surface area contributed by atoms with Crippen LogP contribution in [-0.4, -0.2) is 140 Å². The molecular formula is C66H127NO13. The molecule has 0 saturated carbocycles. The molecule has 2 aliphatic heterocycles. The Kier molecular flexibility index (Phi) is 48.7. The topological polar surface area (TPSA) is 228 Å². The van der Waals surface area contributed by atoms with Crippen molar-refractivity contribution in [2.24, 2.45) is 0 Å². The summed E-state index contributed by atoms with van der Waals surface area (Å²) in [5.74, 6) is -0.232. The molecule has 12 atom stereocenters. The smallest absolute Gasteiger partial charge is 0.220 e. The van der Waals surface area contributed by atoms with Gasteiger partial charge in [0, 0.05) is 6.42 Å². The van der Waals surface area contributed by atoms with E-state index in [1.807, 2.05) is 6.08 Å². The van der Waals surface area contributed by atoms with Gasteiger partial charge in [0.05, 0.1) is 32.0 Å². The Balaban J connectivity index is 1.70. The van der Waals surface area contributed by atoms with E-state index in [-0.39, 0.29) is 18.9 Å². The van der Waals surface area contributed by atoms with Crippen molar-refractivity contribution >= 4 is 5.91 Å². The molecule has 2 rings (SSSR count). The molecule has 0 bridgehead atoms. The number of hydrogen-bond donors (Lipinski definition) is 9. The number of allylic oxidation sites excluding steroid dienone is 1. The van der Waals surface area contributed by atoms with Crippen LogP contribution in [0.3, 0.4) is 0 Å². The highest BCUT2D eigenvalue weighted by molar-refractivity contribution is 5.76. The average Bonchev–Trinajstić information content (AvgIpc) is 3.46. The van der Waals surface area contributed by atoms with Gasteiger partial charge in [0.25, 0.3) is 0 Å². The number of ether oxygens (including phenoxy) is 4. The van der Waals surface area contributed by atoms with Gasteiger partial charge in [-0.05, 0) is 19.3 Å². The Morgan fingerprint density at radius 1 is 0.438 bits per heavy atom. The Morgan fingerprint density at radius 3 is 1.15 bits per heavy atom. The molecule has 0 spiro atoms. The Morgan fingerprint density at radius 2 is 0.775 bits per heavy atom. The van der Waals surface area contributed by atoms with E-state index in [0.29, 0.717) is 6.42 Å². The molecule has 0 radical (unpaired) electrons. The van der Waals surface area contributed by atoms with Gasteiger partial charge in [-0.1, -0.05) is 296 Å². The van der Waals surface area contributed by atoms with Crippen LogP contribution in [0.4, 0.5) is 0 Å². The van der Waals surface area contributed by atoms with Crippen LogP contribution in [-0.2, 0) is 23.7 Å². The van der Waals surface area contributed by atoms with E-state index in [2.05, 4.69) is 19.2 Å². The van der Waals surface area contributed by atoms with E-state index in [1.165, 1.54) is 244 Å². The summed E-state index contributed by atoms with van der Waals surface area (Å²) in [6.45, 7) is 2.85. The van der Waals surface area contributed by atoms with Crippen molar-refractivity contribution in [2.45, 2.75) is 383 Å². The van der Waals surface area contributed by atoms with Crippen molar-refractivity contribution in [3.8, 4) is 0 Å². The van der Waals surface area contributed by atoms with Crippen LogP contribution in [0.15, 0.2) is 12.2 Å². The zero-order chi connectivity index (χ0) is 58.1. The van der Waals surface area contributed by atoms with Gasteiger partial charge >= 0.3 is 0 Å². The van der Waals surface area contributed by atoms with Gasteiger partial charge in [-0.25, -0.2) is 0 Å². The molecule has 14 nitrogen and oxygen atoms in total. The van der Waals surface area contributed by atoms with E-state index in [0.717, 1.165) is 38.5 Å². The summed E-state index contributed by atoms with van der Waals surface area (Å²) < 4.78 is 22.8. The highest BCUT2D eigenvalue weighted by Gasteiger charge is 2.51. The molecule has 2 saturated heterocycles. The lowest BCUT2D eigenvalue weighted by molar-refractivity contribution is -0.359. The lowest BCUT2D eigenvalue weighted by Gasteiger charge is -2.46. The second-order valence-corrected chi connectivity index (χ2v) is 24.3. The summed E-state index contributed by atoms with van der Waals surface area (Å²) in [7, 11) is 0. The van der Waals surface area contributed by atoms with E-state index < -0.39 is 86.8 Å². The first-order valence-corrected chi connectivity index (χ1v) is 33.9. The van der Waals surface area contributed by atoms with E-state index in [9.17, 15) is 45.6 Å². The predicted molar refractivity (Wildman–Crippen MR) is 323 cm³/mol. The molecular weight excluding hydrogens is 1010 g/mol. The first-order valence-electron chi connectivity index (χ1n) is 33.9. The van der Waals surface area contributed by atoms with Gasteiger partial charge in [0.2, 0.25) is 5.91 Å². The van der Waals surface area contributed by atoms with Gasteiger partial charge in [-0.2, -0.15) is 0 Å². The van der Waals surface area contributed by atoms with Gasteiger partial charge in [0.15, 0.2) is 12.6 Å². The number of carbonyl (C=O) groups is 1. The van der Waals surface area contributed by atoms with E-state index >= 15 is 0 Å². The molecule has 2 aliphatic rings. The molecule has 0 aromatic rings.